The van der Waals surface area contributed by atoms with Gasteiger partial charge in [0.15, 0.2) is 0 Å². The molecule has 3 aliphatic carbocycles. The molecule has 3 fully saturated rings. The second kappa shape index (κ2) is 3.41. The van der Waals surface area contributed by atoms with Crippen LogP contribution < -0.4 is 0 Å². The molecule has 0 heterocycles. The summed E-state index contributed by atoms with van der Waals surface area (Å²) in [7, 11) is 0. The Labute approximate surface area is 96.8 Å². The van der Waals surface area contributed by atoms with Crippen LogP contribution in [0.4, 0.5) is 0 Å². The van der Waals surface area contributed by atoms with Crippen LogP contribution >= 0.6 is 0 Å². The fourth-order valence-electron chi connectivity index (χ4n) is 4.46. The van der Waals surface area contributed by atoms with Crippen molar-refractivity contribution in [3.63, 3.8) is 0 Å². The van der Waals surface area contributed by atoms with Gasteiger partial charge in [-0.3, -0.25) is 9.59 Å². The quantitative estimate of drug-likeness (QED) is 0.628. The number of hydrogen-bond donors (Lipinski definition) is 0. The summed E-state index contributed by atoms with van der Waals surface area (Å²) >= 11 is 0. The Bertz CT molecular complexity index is 313. The number of carbonyl (C=O) groups excluding carboxylic acids is 2. The van der Waals surface area contributed by atoms with Crippen LogP contribution in [0.1, 0.15) is 39.5 Å². The standard InChI is InChI=1S/C14H20O2/c1-7-3-9-5-12-10(4-8(2)14(12)16)6-11(9)13(7)15/h7-12H,3-6H2,1-2H3. The Hall–Kier alpha value is -0.660. The highest BCUT2D eigenvalue weighted by Crippen LogP contribution is 2.52. The van der Waals surface area contributed by atoms with E-state index >= 15 is 0 Å². The lowest BCUT2D eigenvalue weighted by atomic mass is 9.70. The Morgan fingerprint density at radius 1 is 0.750 bits per heavy atom. The summed E-state index contributed by atoms with van der Waals surface area (Å²) in [5, 5.41) is 0. The Balaban J connectivity index is 1.82. The zero-order valence-electron chi connectivity index (χ0n) is 10.1. The molecule has 0 saturated heterocycles. The molecule has 2 heteroatoms. The number of rotatable bonds is 0. The Kier molecular flexibility index (Phi) is 2.24. The molecule has 16 heavy (non-hydrogen) atoms. The molecule has 6 atom stereocenters. The summed E-state index contributed by atoms with van der Waals surface area (Å²) in [6.07, 6.45) is 4.09. The predicted molar refractivity (Wildman–Crippen MR) is 60.8 cm³/mol. The van der Waals surface area contributed by atoms with Crippen molar-refractivity contribution < 1.29 is 9.59 Å². The second-order valence-corrected chi connectivity index (χ2v) is 6.28. The first-order valence-electron chi connectivity index (χ1n) is 6.65. The average molecular weight is 220 g/mol. The maximum absolute atomic E-state index is 12.0. The fraction of sp³-hybridized carbons (Fsp3) is 0.857. The van der Waals surface area contributed by atoms with Crippen LogP contribution in [-0.2, 0) is 9.59 Å². The second-order valence-electron chi connectivity index (χ2n) is 6.28. The van der Waals surface area contributed by atoms with Crippen LogP contribution in [0.15, 0.2) is 0 Å². The smallest absolute Gasteiger partial charge is 0.139 e. The Morgan fingerprint density at radius 2 is 1.12 bits per heavy atom. The molecule has 6 unspecified atom stereocenters. The van der Waals surface area contributed by atoms with Crippen LogP contribution in [0, 0.1) is 35.5 Å². The van der Waals surface area contributed by atoms with E-state index in [4.69, 9.17) is 0 Å². The summed E-state index contributed by atoms with van der Waals surface area (Å²) in [5.74, 6) is 3.12. The molecule has 0 aromatic rings. The first kappa shape index (κ1) is 10.5. The molecule has 0 bridgehead atoms. The highest BCUT2D eigenvalue weighted by molar-refractivity contribution is 5.88. The van der Waals surface area contributed by atoms with Crippen molar-refractivity contribution in [1.82, 2.24) is 0 Å². The zero-order valence-corrected chi connectivity index (χ0v) is 10.1. The van der Waals surface area contributed by atoms with E-state index in [-0.39, 0.29) is 11.8 Å². The van der Waals surface area contributed by atoms with Crippen molar-refractivity contribution in [2.75, 3.05) is 0 Å². The van der Waals surface area contributed by atoms with Crippen LogP contribution in [0.5, 0.6) is 0 Å². The van der Waals surface area contributed by atoms with E-state index in [1.807, 2.05) is 0 Å². The monoisotopic (exact) mass is 220 g/mol. The van der Waals surface area contributed by atoms with Crippen molar-refractivity contribution >= 4 is 11.6 Å². The van der Waals surface area contributed by atoms with Gasteiger partial charge in [-0.25, -0.2) is 0 Å². The SMILES string of the molecule is CC1CC2CC3C(=O)C(C)CC3CC2C1=O. The number of Topliss-reactive ketones (excluding diaryl/α,β-unsaturated/α-hetero) is 2. The van der Waals surface area contributed by atoms with E-state index in [2.05, 4.69) is 13.8 Å². The van der Waals surface area contributed by atoms with Crippen molar-refractivity contribution in [3.8, 4) is 0 Å². The van der Waals surface area contributed by atoms with E-state index < -0.39 is 0 Å². The molecule has 0 radical (unpaired) electrons. The van der Waals surface area contributed by atoms with Gasteiger partial charge in [0.25, 0.3) is 0 Å². The first-order valence-corrected chi connectivity index (χ1v) is 6.65. The fourth-order valence-corrected chi connectivity index (χ4v) is 4.46. The van der Waals surface area contributed by atoms with Crippen molar-refractivity contribution in [2.24, 2.45) is 35.5 Å². The maximum atomic E-state index is 12.0. The minimum absolute atomic E-state index is 0.251. The Morgan fingerprint density at radius 3 is 1.50 bits per heavy atom. The van der Waals surface area contributed by atoms with Gasteiger partial charge in [0, 0.05) is 23.7 Å². The van der Waals surface area contributed by atoms with Crippen molar-refractivity contribution in [1.29, 1.82) is 0 Å². The van der Waals surface area contributed by atoms with Gasteiger partial charge in [-0.1, -0.05) is 13.8 Å². The van der Waals surface area contributed by atoms with Gasteiger partial charge in [0.05, 0.1) is 0 Å². The highest BCUT2D eigenvalue weighted by Gasteiger charge is 2.51. The topological polar surface area (TPSA) is 34.1 Å². The third kappa shape index (κ3) is 1.31. The van der Waals surface area contributed by atoms with Crippen LogP contribution in [0.3, 0.4) is 0 Å². The van der Waals surface area contributed by atoms with Crippen LogP contribution in [-0.4, -0.2) is 11.6 Å². The molecule has 0 spiro atoms. The first-order chi connectivity index (χ1) is 7.58. The minimum Gasteiger partial charge on any atom is -0.299 e. The van der Waals surface area contributed by atoms with E-state index in [0.717, 1.165) is 25.7 Å². The molecule has 3 rings (SSSR count). The van der Waals surface area contributed by atoms with Gasteiger partial charge in [0.1, 0.15) is 11.6 Å². The third-order valence-corrected chi connectivity index (χ3v) is 5.27. The molecule has 3 aliphatic rings. The molecule has 88 valence electrons. The molecule has 2 nitrogen and oxygen atoms in total. The van der Waals surface area contributed by atoms with Crippen LogP contribution in [0.2, 0.25) is 0 Å². The molecule has 0 aliphatic heterocycles. The minimum atomic E-state index is 0.251. The van der Waals surface area contributed by atoms with Gasteiger partial charge >= 0.3 is 0 Å². The van der Waals surface area contributed by atoms with E-state index in [9.17, 15) is 9.59 Å². The van der Waals surface area contributed by atoms with Gasteiger partial charge < -0.3 is 0 Å². The normalized spacial score (nSPS) is 51.6. The highest BCUT2D eigenvalue weighted by atomic mass is 16.1. The summed E-state index contributed by atoms with van der Waals surface area (Å²) in [6.45, 7) is 4.11. The van der Waals surface area contributed by atoms with Crippen molar-refractivity contribution in [3.05, 3.63) is 0 Å². The molecule has 0 N–H and O–H groups in total. The summed E-state index contributed by atoms with van der Waals surface area (Å²) in [5.41, 5.74) is 0. The van der Waals surface area contributed by atoms with Crippen LogP contribution in [0.25, 0.3) is 0 Å². The molecule has 3 saturated carbocycles. The number of carbonyl (C=O) groups is 2. The lowest BCUT2D eigenvalue weighted by Crippen LogP contribution is -2.31. The molecule has 0 amide bonds. The van der Waals surface area contributed by atoms with Gasteiger partial charge in [-0.05, 0) is 37.5 Å². The number of fused-ring (bicyclic) bond motifs is 2. The molecular weight excluding hydrogens is 200 g/mol. The zero-order chi connectivity index (χ0) is 11.4. The maximum Gasteiger partial charge on any atom is 0.139 e. The summed E-state index contributed by atoms with van der Waals surface area (Å²) in [4.78, 5) is 24.0. The third-order valence-electron chi connectivity index (χ3n) is 5.27. The van der Waals surface area contributed by atoms with Gasteiger partial charge in [-0.2, -0.15) is 0 Å². The van der Waals surface area contributed by atoms with E-state index in [1.54, 1.807) is 0 Å². The molecular formula is C14H20O2. The van der Waals surface area contributed by atoms with E-state index in [0.29, 0.717) is 35.2 Å². The largest absolute Gasteiger partial charge is 0.299 e. The van der Waals surface area contributed by atoms with Gasteiger partial charge in [0.2, 0.25) is 0 Å². The number of ketones is 2. The molecule has 0 aromatic carbocycles. The van der Waals surface area contributed by atoms with Crippen molar-refractivity contribution in [2.45, 2.75) is 39.5 Å². The van der Waals surface area contributed by atoms with Gasteiger partial charge in [-0.15, -0.1) is 0 Å². The van der Waals surface area contributed by atoms with E-state index in [1.165, 1.54) is 0 Å². The summed E-state index contributed by atoms with van der Waals surface area (Å²) < 4.78 is 0. The average Bonchev–Trinajstić information content (AvgIpc) is 2.67. The molecule has 0 aromatic heterocycles. The summed E-state index contributed by atoms with van der Waals surface area (Å²) in [6, 6.07) is 0. The predicted octanol–water partition coefficient (Wildman–Crippen LogP) is 2.46. The number of hydrogen-bond acceptors (Lipinski definition) is 2. The lowest BCUT2D eigenvalue weighted by molar-refractivity contribution is -0.128. The lowest BCUT2D eigenvalue weighted by Gasteiger charge is -2.32.